The predicted octanol–water partition coefficient (Wildman–Crippen LogP) is -0.0489. The molecule has 1 rings (SSSR count). The molecule has 1 aliphatic rings. The Balaban J connectivity index is -0.000000309. The van der Waals surface area contributed by atoms with Crippen molar-refractivity contribution < 1.29 is 81.7 Å². The maximum atomic E-state index is 11.9. The van der Waals surface area contributed by atoms with Gasteiger partial charge in [0, 0.05) is 60.3 Å². The summed E-state index contributed by atoms with van der Waals surface area (Å²) in [6.07, 6.45) is 2.04. The number of carboxylic acid groups (broad SMARTS) is 1. The molecule has 0 aromatic heterocycles. The number of carboxylic acids is 1. The Bertz CT molecular complexity index is 463. The van der Waals surface area contributed by atoms with E-state index in [9.17, 15) is 18.0 Å². The van der Waals surface area contributed by atoms with Crippen LogP contribution in [0.2, 0.25) is 0 Å². The van der Waals surface area contributed by atoms with Crippen LogP contribution in [-0.2, 0) is 78.2 Å². The van der Waals surface area contributed by atoms with Gasteiger partial charge in [-0.05, 0) is 12.8 Å². The summed E-state index contributed by atoms with van der Waals surface area (Å²) in [4.78, 5) is 30.4. The number of rotatable bonds is 5. The first kappa shape index (κ1) is 32.0. The van der Waals surface area contributed by atoms with E-state index >= 15 is 0 Å². The molecule has 0 spiro atoms. The van der Waals surface area contributed by atoms with E-state index in [4.69, 9.17) is 9.90 Å². The number of amides is 1. The van der Waals surface area contributed by atoms with Gasteiger partial charge in [-0.1, -0.05) is 13.8 Å². The SMILES string of the molecule is CC.[CH-]=O.[CH2-]C[C@H](NC(=O)[C@@H]1CCCN1S(C)(=O)=O)C(=O)O.[W].[Y]. The Labute approximate surface area is 183 Å². The maximum Gasteiger partial charge on any atom is 0.323 e. The van der Waals surface area contributed by atoms with Crippen LogP contribution in [0.5, 0.6) is 0 Å². The molecule has 0 bridgehead atoms. The molecule has 24 heavy (non-hydrogen) atoms. The summed E-state index contributed by atoms with van der Waals surface area (Å²) in [6.45, 7) is 11.0. The first-order chi connectivity index (χ1) is 10.3. The van der Waals surface area contributed by atoms with Crippen LogP contribution in [0.3, 0.4) is 0 Å². The Kier molecular flexibility index (Phi) is 22.4. The predicted molar refractivity (Wildman–Crippen MR) is 82.2 cm³/mol. The van der Waals surface area contributed by atoms with Crippen molar-refractivity contribution >= 4 is 28.7 Å². The zero-order valence-corrected chi connectivity index (χ0v) is 20.7. The van der Waals surface area contributed by atoms with Gasteiger partial charge in [0.05, 0.1) is 12.3 Å². The first-order valence-electron chi connectivity index (χ1n) is 6.80. The van der Waals surface area contributed by atoms with Gasteiger partial charge < -0.3 is 22.1 Å². The van der Waals surface area contributed by atoms with Crippen LogP contribution in [0, 0.1) is 6.92 Å². The molecule has 0 saturated carbocycles. The smallest absolute Gasteiger partial charge is 0.323 e. The van der Waals surface area contributed by atoms with Crippen LogP contribution in [0.15, 0.2) is 0 Å². The molecular formula is C13H24N2O6SWY-2. The number of carbonyl (C=O) groups excluding carboxylic acids is 2. The molecule has 1 aliphatic heterocycles. The van der Waals surface area contributed by atoms with Crippen molar-refractivity contribution in [3.8, 4) is 0 Å². The van der Waals surface area contributed by atoms with Gasteiger partial charge >= 0.3 is 5.97 Å². The molecule has 11 heteroatoms. The van der Waals surface area contributed by atoms with Crippen molar-refractivity contribution in [1.82, 2.24) is 9.62 Å². The zero-order valence-electron chi connectivity index (χ0n) is 14.1. The van der Waals surface area contributed by atoms with Crippen LogP contribution in [-0.4, -0.2) is 61.4 Å². The first-order valence-corrected chi connectivity index (χ1v) is 8.65. The largest absolute Gasteiger partial charge is 0.545 e. The van der Waals surface area contributed by atoms with Crippen LogP contribution in [0.4, 0.5) is 0 Å². The topological polar surface area (TPSA) is 121 Å². The Morgan fingerprint density at radius 2 is 1.83 bits per heavy atom. The van der Waals surface area contributed by atoms with E-state index in [2.05, 4.69) is 19.0 Å². The maximum absolute atomic E-state index is 11.9. The fraction of sp³-hybridized carbons (Fsp3) is 0.692. The minimum absolute atomic E-state index is 0. The van der Waals surface area contributed by atoms with E-state index in [-0.39, 0.29) is 60.2 Å². The van der Waals surface area contributed by atoms with E-state index in [1.165, 1.54) is 0 Å². The molecule has 0 aliphatic carbocycles. The number of aliphatic carboxylic acids is 1. The fourth-order valence-corrected chi connectivity index (χ4v) is 3.05. The minimum atomic E-state index is -3.45. The van der Waals surface area contributed by atoms with E-state index in [0.717, 1.165) is 10.6 Å². The number of hydrogen-bond donors (Lipinski definition) is 2. The van der Waals surface area contributed by atoms with Gasteiger partial charge in [0.1, 0.15) is 6.04 Å². The third-order valence-corrected chi connectivity index (χ3v) is 4.12. The van der Waals surface area contributed by atoms with Gasteiger partial charge in [0.25, 0.3) is 0 Å². The molecular weight excluding hydrogens is 585 g/mol. The molecule has 1 saturated heterocycles. The van der Waals surface area contributed by atoms with Crippen LogP contribution in [0.25, 0.3) is 0 Å². The van der Waals surface area contributed by atoms with Gasteiger partial charge in [-0.3, -0.25) is 16.4 Å². The number of sulfonamides is 1. The van der Waals surface area contributed by atoms with Crippen molar-refractivity contribution in [1.29, 1.82) is 0 Å². The number of nitrogens with zero attached hydrogens (tertiary/aromatic N) is 1. The van der Waals surface area contributed by atoms with E-state index in [0.29, 0.717) is 19.4 Å². The summed E-state index contributed by atoms with van der Waals surface area (Å²) < 4.78 is 24.0. The average Bonchev–Trinajstić information content (AvgIpc) is 2.98. The van der Waals surface area contributed by atoms with Crippen molar-refractivity contribution in [2.24, 2.45) is 0 Å². The normalized spacial score (nSPS) is 17.4. The standard InChI is InChI=1S/C10H17N2O5S.C2H6.CHO.W.Y/c1-3-7(10(14)15)11-9(13)8-5-4-6-12(8)18(2,16)17;2*1-2;;/h7-8H,1,3-6H2,2H3,(H,11,13)(H,14,15);1-2H3;1H;;/q-1;;-1;;/t7-,8-;;;;/m0..../s1. The summed E-state index contributed by atoms with van der Waals surface area (Å²) in [5.74, 6) is -1.75. The fourth-order valence-electron chi connectivity index (χ4n) is 1.92. The molecule has 0 aromatic rings. The molecule has 8 nitrogen and oxygen atoms in total. The second-order valence-corrected chi connectivity index (χ2v) is 6.15. The molecule has 139 valence electrons. The number of hydrogen-bond acceptors (Lipinski definition) is 5. The Hall–Kier alpha value is 0.312. The average molecular weight is 609 g/mol. The third kappa shape index (κ3) is 11.0. The van der Waals surface area contributed by atoms with Crippen molar-refractivity contribution in [2.75, 3.05) is 12.8 Å². The second-order valence-electron chi connectivity index (χ2n) is 4.22. The third-order valence-electron chi connectivity index (χ3n) is 2.84. The summed E-state index contributed by atoms with van der Waals surface area (Å²) in [5, 5.41) is 11.1. The summed E-state index contributed by atoms with van der Waals surface area (Å²) in [7, 11) is -3.45. The molecule has 0 aromatic carbocycles. The van der Waals surface area contributed by atoms with E-state index < -0.39 is 34.0 Å². The van der Waals surface area contributed by atoms with Crippen molar-refractivity contribution in [2.45, 2.75) is 45.2 Å². The van der Waals surface area contributed by atoms with Gasteiger partial charge in [-0.25, -0.2) is 8.42 Å². The molecule has 0 unspecified atom stereocenters. The van der Waals surface area contributed by atoms with Gasteiger partial charge in [0.2, 0.25) is 15.9 Å². The van der Waals surface area contributed by atoms with Crippen LogP contribution < -0.4 is 5.32 Å². The Morgan fingerprint density at radius 1 is 1.38 bits per heavy atom. The van der Waals surface area contributed by atoms with Gasteiger partial charge in [-0.15, -0.1) is 0 Å². The molecule has 1 radical (unpaired) electrons. The Morgan fingerprint density at radius 3 is 2.17 bits per heavy atom. The number of carbonyl (C=O) groups is 2. The summed E-state index contributed by atoms with van der Waals surface area (Å²) in [6, 6.07) is -1.90. The second kappa shape index (κ2) is 16.8. The summed E-state index contributed by atoms with van der Waals surface area (Å²) in [5.41, 5.74) is 0. The summed E-state index contributed by atoms with van der Waals surface area (Å²) >= 11 is 0. The molecule has 1 amide bonds. The van der Waals surface area contributed by atoms with Crippen molar-refractivity contribution in [3.63, 3.8) is 0 Å². The quantitative estimate of drug-likeness (QED) is 0.334. The minimum Gasteiger partial charge on any atom is -0.545 e. The van der Waals surface area contributed by atoms with Crippen LogP contribution >= 0.6 is 0 Å². The molecule has 2 N–H and O–H groups in total. The van der Waals surface area contributed by atoms with Crippen molar-refractivity contribution in [3.05, 3.63) is 6.92 Å². The molecule has 1 heterocycles. The monoisotopic (exact) mass is 609 g/mol. The van der Waals surface area contributed by atoms with E-state index in [1.807, 2.05) is 13.8 Å². The molecule has 1 fully saturated rings. The van der Waals surface area contributed by atoms with Crippen LogP contribution in [0.1, 0.15) is 33.1 Å². The number of nitrogens with one attached hydrogen (secondary N) is 1. The van der Waals surface area contributed by atoms with E-state index in [1.54, 1.807) is 0 Å². The zero-order chi connectivity index (χ0) is 17.9. The van der Waals surface area contributed by atoms with Gasteiger partial charge in [0.15, 0.2) is 0 Å². The van der Waals surface area contributed by atoms with Gasteiger partial charge in [-0.2, -0.15) is 10.7 Å². The molecule has 2 atom stereocenters.